The topological polar surface area (TPSA) is 67.9 Å². The third kappa shape index (κ3) is 3.96. The number of carbonyl (C=O) groups is 2. The van der Waals surface area contributed by atoms with E-state index in [2.05, 4.69) is 11.4 Å². The van der Waals surface area contributed by atoms with Gasteiger partial charge in [-0.1, -0.05) is 30.3 Å². The average molecular weight is 433 g/mol. The molecular formula is C24H20N2O4S. The van der Waals surface area contributed by atoms with Crippen LogP contribution in [0.4, 0.5) is 11.4 Å². The molecule has 3 aromatic carbocycles. The van der Waals surface area contributed by atoms with Gasteiger partial charge in [0.15, 0.2) is 11.5 Å². The molecule has 3 aromatic rings. The normalized spacial score (nSPS) is 13.7. The fourth-order valence-corrected chi connectivity index (χ4v) is 4.69. The number of benzene rings is 3. The quantitative estimate of drug-likeness (QED) is 0.607. The van der Waals surface area contributed by atoms with Gasteiger partial charge in [0.25, 0.3) is 5.91 Å². The smallest absolute Gasteiger partial charge is 0.256 e. The van der Waals surface area contributed by atoms with Crippen LogP contribution in [0.3, 0.4) is 0 Å². The van der Waals surface area contributed by atoms with Gasteiger partial charge in [0.1, 0.15) is 0 Å². The predicted octanol–water partition coefficient (Wildman–Crippen LogP) is 4.35. The Morgan fingerprint density at radius 1 is 0.968 bits per heavy atom. The fourth-order valence-electron chi connectivity index (χ4n) is 3.77. The summed E-state index contributed by atoms with van der Waals surface area (Å²) in [6.07, 6.45) is 0.876. The van der Waals surface area contributed by atoms with Crippen LogP contribution < -0.4 is 19.7 Å². The molecule has 0 saturated heterocycles. The molecule has 5 rings (SSSR count). The van der Waals surface area contributed by atoms with Crippen LogP contribution >= 0.6 is 11.8 Å². The number of carbonyl (C=O) groups excluding carboxylic acids is 2. The van der Waals surface area contributed by atoms with E-state index in [1.807, 2.05) is 41.3 Å². The molecule has 6 nitrogen and oxygen atoms in total. The Hall–Kier alpha value is -3.45. The predicted molar refractivity (Wildman–Crippen MR) is 120 cm³/mol. The van der Waals surface area contributed by atoms with Crippen LogP contribution in [0.25, 0.3) is 0 Å². The molecule has 0 saturated carbocycles. The highest BCUT2D eigenvalue weighted by Gasteiger charge is 2.24. The van der Waals surface area contributed by atoms with Crippen LogP contribution in [-0.4, -0.2) is 30.9 Å². The zero-order chi connectivity index (χ0) is 21.2. The number of para-hydroxylation sites is 1. The summed E-state index contributed by atoms with van der Waals surface area (Å²) in [5.41, 5.74) is 3.34. The number of nitrogens with one attached hydrogen (secondary N) is 1. The molecule has 2 amide bonds. The first-order valence-electron chi connectivity index (χ1n) is 10.00. The van der Waals surface area contributed by atoms with Crippen LogP contribution in [0.2, 0.25) is 0 Å². The van der Waals surface area contributed by atoms with Gasteiger partial charge in [-0.25, -0.2) is 0 Å². The second-order valence-electron chi connectivity index (χ2n) is 7.23. The molecule has 31 heavy (non-hydrogen) atoms. The van der Waals surface area contributed by atoms with Crippen molar-refractivity contribution in [3.63, 3.8) is 0 Å². The molecule has 1 N–H and O–H groups in total. The van der Waals surface area contributed by atoms with Gasteiger partial charge in [0, 0.05) is 28.9 Å². The van der Waals surface area contributed by atoms with Crippen LogP contribution in [-0.2, 0) is 11.2 Å². The molecule has 7 heteroatoms. The molecular weight excluding hydrogens is 412 g/mol. The van der Waals surface area contributed by atoms with Crippen LogP contribution in [0.15, 0.2) is 71.6 Å². The monoisotopic (exact) mass is 432 g/mol. The highest BCUT2D eigenvalue weighted by molar-refractivity contribution is 8.00. The van der Waals surface area contributed by atoms with E-state index in [1.54, 1.807) is 24.3 Å². The third-order valence-electron chi connectivity index (χ3n) is 5.30. The molecule has 2 heterocycles. The van der Waals surface area contributed by atoms with Crippen molar-refractivity contribution >= 4 is 35.0 Å². The van der Waals surface area contributed by atoms with E-state index in [0.717, 1.165) is 17.0 Å². The minimum Gasteiger partial charge on any atom is -0.454 e. The summed E-state index contributed by atoms with van der Waals surface area (Å²) in [6.45, 7) is 0.882. The van der Waals surface area contributed by atoms with Crippen LogP contribution in [0.1, 0.15) is 15.9 Å². The lowest BCUT2D eigenvalue weighted by Gasteiger charge is -2.17. The summed E-state index contributed by atoms with van der Waals surface area (Å²) in [5.74, 6) is 1.35. The lowest BCUT2D eigenvalue weighted by atomic mass is 10.2. The lowest BCUT2D eigenvalue weighted by Crippen LogP contribution is -2.30. The second kappa shape index (κ2) is 8.35. The SMILES string of the molecule is O=C(Nc1ccc2c(c1)OCO2)c1ccccc1SCC(=O)N1CCc2ccccc21. The maximum Gasteiger partial charge on any atom is 0.256 e. The van der Waals surface area contributed by atoms with E-state index in [4.69, 9.17) is 9.47 Å². The summed E-state index contributed by atoms with van der Waals surface area (Å²) < 4.78 is 10.7. The van der Waals surface area contributed by atoms with Crippen molar-refractivity contribution in [1.82, 2.24) is 0 Å². The van der Waals surface area contributed by atoms with Gasteiger partial charge in [-0.15, -0.1) is 11.8 Å². The number of anilines is 2. The Kier molecular flexibility index (Phi) is 5.26. The molecule has 0 fully saturated rings. The summed E-state index contributed by atoms with van der Waals surface area (Å²) in [4.78, 5) is 28.3. The van der Waals surface area contributed by atoms with Crippen molar-refractivity contribution in [2.45, 2.75) is 11.3 Å². The van der Waals surface area contributed by atoms with Gasteiger partial charge in [0.2, 0.25) is 12.7 Å². The van der Waals surface area contributed by atoms with E-state index in [1.165, 1.54) is 17.3 Å². The molecule has 0 radical (unpaired) electrons. The minimum atomic E-state index is -0.235. The van der Waals surface area contributed by atoms with Gasteiger partial charge in [-0.2, -0.15) is 0 Å². The van der Waals surface area contributed by atoms with Gasteiger partial charge in [0.05, 0.1) is 11.3 Å². The number of ether oxygens (including phenoxy) is 2. The number of hydrogen-bond donors (Lipinski definition) is 1. The fraction of sp³-hybridized carbons (Fsp3) is 0.167. The van der Waals surface area contributed by atoms with Crippen molar-refractivity contribution in [2.24, 2.45) is 0 Å². The average Bonchev–Trinajstić information content (AvgIpc) is 3.44. The Balaban J connectivity index is 1.27. The van der Waals surface area contributed by atoms with E-state index in [9.17, 15) is 9.59 Å². The van der Waals surface area contributed by atoms with Gasteiger partial charge >= 0.3 is 0 Å². The molecule has 156 valence electrons. The van der Waals surface area contributed by atoms with Gasteiger partial charge < -0.3 is 19.7 Å². The summed E-state index contributed by atoms with van der Waals surface area (Å²) in [6, 6.07) is 20.6. The molecule has 0 aromatic heterocycles. The van der Waals surface area contributed by atoms with Crippen molar-refractivity contribution in [3.05, 3.63) is 77.9 Å². The molecule has 2 aliphatic rings. The highest BCUT2D eigenvalue weighted by Crippen LogP contribution is 2.35. The van der Waals surface area contributed by atoms with Gasteiger partial charge in [-0.3, -0.25) is 9.59 Å². The highest BCUT2D eigenvalue weighted by atomic mass is 32.2. The zero-order valence-electron chi connectivity index (χ0n) is 16.7. The van der Waals surface area contributed by atoms with Crippen LogP contribution in [0, 0.1) is 0 Å². The maximum absolute atomic E-state index is 12.9. The number of hydrogen-bond acceptors (Lipinski definition) is 5. The summed E-state index contributed by atoms with van der Waals surface area (Å²) in [7, 11) is 0. The minimum absolute atomic E-state index is 0.0425. The second-order valence-corrected chi connectivity index (χ2v) is 8.25. The van der Waals surface area contributed by atoms with Crippen LogP contribution in [0.5, 0.6) is 11.5 Å². The summed E-state index contributed by atoms with van der Waals surface area (Å²) in [5, 5.41) is 2.90. The molecule has 0 atom stereocenters. The van der Waals surface area contributed by atoms with E-state index >= 15 is 0 Å². The first-order valence-corrected chi connectivity index (χ1v) is 11.0. The molecule has 2 aliphatic heterocycles. The lowest BCUT2D eigenvalue weighted by molar-refractivity contribution is -0.116. The zero-order valence-corrected chi connectivity index (χ0v) is 17.5. The number of rotatable bonds is 5. The number of amides is 2. The van der Waals surface area contributed by atoms with Crippen molar-refractivity contribution in [2.75, 3.05) is 29.3 Å². The molecule has 0 unspecified atom stereocenters. The number of nitrogens with zero attached hydrogens (tertiary/aromatic N) is 1. The van der Waals surface area contributed by atoms with Crippen molar-refractivity contribution < 1.29 is 19.1 Å². The number of fused-ring (bicyclic) bond motifs is 2. The van der Waals surface area contributed by atoms with E-state index in [0.29, 0.717) is 29.3 Å². The number of thioether (sulfide) groups is 1. The van der Waals surface area contributed by atoms with E-state index in [-0.39, 0.29) is 24.4 Å². The molecule has 0 aliphatic carbocycles. The van der Waals surface area contributed by atoms with Gasteiger partial charge in [-0.05, 0) is 42.3 Å². The molecule has 0 spiro atoms. The van der Waals surface area contributed by atoms with Crippen molar-refractivity contribution in [1.29, 1.82) is 0 Å². The Labute approximate surface area is 184 Å². The maximum atomic E-state index is 12.9. The Morgan fingerprint density at radius 3 is 2.71 bits per heavy atom. The first kappa shape index (κ1) is 19.5. The summed E-state index contributed by atoms with van der Waals surface area (Å²) >= 11 is 1.38. The van der Waals surface area contributed by atoms with Crippen molar-refractivity contribution in [3.8, 4) is 11.5 Å². The Morgan fingerprint density at radius 2 is 1.77 bits per heavy atom. The standard InChI is InChI=1S/C24H20N2O4S/c27-23(26-12-11-16-5-1-3-7-19(16)26)14-31-22-8-4-2-6-18(22)24(28)25-17-9-10-20-21(13-17)30-15-29-20/h1-10,13H,11-12,14-15H2,(H,25,28). The Bertz CT molecular complexity index is 1160. The first-order chi connectivity index (χ1) is 15.2. The largest absolute Gasteiger partial charge is 0.454 e. The molecule has 0 bridgehead atoms. The third-order valence-corrected chi connectivity index (χ3v) is 6.36. The van der Waals surface area contributed by atoms with E-state index < -0.39 is 0 Å².